The first-order valence-electron chi connectivity index (χ1n) is 10.1. The van der Waals surface area contributed by atoms with Crippen molar-refractivity contribution in [3.05, 3.63) is 30.3 Å². The number of piperidine rings is 2. The van der Waals surface area contributed by atoms with Crippen molar-refractivity contribution in [1.82, 2.24) is 15.1 Å². The third-order valence-corrected chi connectivity index (χ3v) is 5.67. The lowest BCUT2D eigenvalue weighted by Gasteiger charge is -2.34. The van der Waals surface area contributed by atoms with Gasteiger partial charge in [-0.1, -0.05) is 18.2 Å². The van der Waals surface area contributed by atoms with Crippen molar-refractivity contribution in [3.8, 4) is 5.75 Å². The molecule has 0 atom stereocenters. The smallest absolute Gasteiger partial charge is 0.193 e. The zero-order valence-electron chi connectivity index (χ0n) is 16.8. The first-order chi connectivity index (χ1) is 12.7. The van der Waals surface area contributed by atoms with Crippen LogP contribution in [0.25, 0.3) is 0 Å². The van der Waals surface area contributed by atoms with Crippen molar-refractivity contribution < 1.29 is 4.74 Å². The number of ether oxygens (including phenoxy) is 1. The second-order valence-corrected chi connectivity index (χ2v) is 7.63. The summed E-state index contributed by atoms with van der Waals surface area (Å²) in [5.41, 5.74) is 0. The van der Waals surface area contributed by atoms with Gasteiger partial charge in [-0.3, -0.25) is 4.99 Å². The molecule has 0 aliphatic carbocycles. The van der Waals surface area contributed by atoms with Gasteiger partial charge in [-0.25, -0.2) is 0 Å². The number of guanidine groups is 1. The van der Waals surface area contributed by atoms with E-state index >= 15 is 0 Å². The van der Waals surface area contributed by atoms with E-state index in [0.717, 1.165) is 50.1 Å². The van der Waals surface area contributed by atoms with Gasteiger partial charge in [0, 0.05) is 39.5 Å². The summed E-state index contributed by atoms with van der Waals surface area (Å²) in [6, 6.07) is 10.2. The Balaban J connectivity index is 0.00000261. The number of aliphatic imine (C=N–C) groups is 1. The lowest BCUT2D eigenvalue weighted by atomic mass is 9.94. The zero-order valence-corrected chi connectivity index (χ0v) is 19.1. The second-order valence-electron chi connectivity index (χ2n) is 7.63. The van der Waals surface area contributed by atoms with Crippen molar-refractivity contribution in [2.24, 2.45) is 10.9 Å². The van der Waals surface area contributed by atoms with Crippen LogP contribution in [0.3, 0.4) is 0 Å². The van der Waals surface area contributed by atoms with Crippen LogP contribution >= 0.6 is 24.0 Å². The maximum atomic E-state index is 6.10. The Kier molecular flexibility index (Phi) is 9.68. The van der Waals surface area contributed by atoms with Gasteiger partial charge in [-0.15, -0.1) is 24.0 Å². The summed E-state index contributed by atoms with van der Waals surface area (Å²) in [6.07, 6.45) is 6.32. The topological polar surface area (TPSA) is 40.1 Å². The Labute approximate surface area is 181 Å². The predicted octanol–water partition coefficient (Wildman–Crippen LogP) is 3.46. The number of benzene rings is 1. The van der Waals surface area contributed by atoms with Crippen LogP contribution in [0.2, 0.25) is 0 Å². The molecule has 1 N–H and O–H groups in total. The number of hydrogen-bond donors (Lipinski definition) is 1. The second kappa shape index (κ2) is 11.7. The third-order valence-electron chi connectivity index (χ3n) is 5.67. The van der Waals surface area contributed by atoms with Crippen molar-refractivity contribution in [2.75, 3.05) is 46.8 Å². The monoisotopic (exact) mass is 486 g/mol. The fraction of sp³-hybridized carbons (Fsp3) is 0.667. The molecule has 5 nitrogen and oxygen atoms in total. The van der Waals surface area contributed by atoms with Crippen LogP contribution in [0, 0.1) is 5.92 Å². The van der Waals surface area contributed by atoms with E-state index in [4.69, 9.17) is 4.74 Å². The molecule has 0 spiro atoms. The Morgan fingerprint density at radius 2 is 1.74 bits per heavy atom. The highest BCUT2D eigenvalue weighted by atomic mass is 127. The minimum Gasteiger partial charge on any atom is -0.490 e. The Bertz CT molecular complexity index is 553. The van der Waals surface area contributed by atoms with Crippen molar-refractivity contribution in [3.63, 3.8) is 0 Å². The van der Waals surface area contributed by atoms with E-state index in [1.165, 1.54) is 32.4 Å². The summed E-state index contributed by atoms with van der Waals surface area (Å²) in [4.78, 5) is 9.31. The first kappa shape index (κ1) is 22.3. The molecule has 2 aliphatic rings. The number of para-hydroxylation sites is 1. The fourth-order valence-corrected chi connectivity index (χ4v) is 3.95. The van der Waals surface area contributed by atoms with Gasteiger partial charge in [-0.2, -0.15) is 0 Å². The predicted molar refractivity (Wildman–Crippen MR) is 123 cm³/mol. The summed E-state index contributed by atoms with van der Waals surface area (Å²) in [5, 5.41) is 3.58. The lowest BCUT2D eigenvalue weighted by Crippen LogP contribution is -2.48. The SMILES string of the molecule is CN=C(NCCC1CCN(C)CC1)N1CCC(Oc2ccccc2)CC1.I. The number of halogens is 1. The number of rotatable bonds is 5. The number of nitrogens with one attached hydrogen (secondary N) is 1. The van der Waals surface area contributed by atoms with E-state index in [1.807, 2.05) is 37.4 Å². The molecule has 152 valence electrons. The highest BCUT2D eigenvalue weighted by molar-refractivity contribution is 14.0. The molecular formula is C21H35IN4O. The summed E-state index contributed by atoms with van der Waals surface area (Å²) in [6.45, 7) is 5.53. The van der Waals surface area contributed by atoms with Gasteiger partial charge in [0.2, 0.25) is 0 Å². The van der Waals surface area contributed by atoms with E-state index in [0.29, 0.717) is 6.10 Å². The van der Waals surface area contributed by atoms with E-state index < -0.39 is 0 Å². The normalized spacial score (nSPS) is 20.2. The Morgan fingerprint density at radius 1 is 1.07 bits per heavy atom. The first-order valence-corrected chi connectivity index (χ1v) is 10.1. The van der Waals surface area contributed by atoms with Crippen LogP contribution in [0.1, 0.15) is 32.1 Å². The Morgan fingerprint density at radius 3 is 2.37 bits per heavy atom. The molecule has 0 aromatic heterocycles. The molecule has 6 heteroatoms. The summed E-state index contributed by atoms with van der Waals surface area (Å²) in [7, 11) is 4.12. The van der Waals surface area contributed by atoms with E-state index in [2.05, 4.69) is 27.2 Å². The zero-order chi connectivity index (χ0) is 18.2. The molecule has 2 fully saturated rings. The molecule has 0 amide bonds. The maximum absolute atomic E-state index is 6.10. The van der Waals surface area contributed by atoms with Gasteiger partial charge < -0.3 is 19.9 Å². The van der Waals surface area contributed by atoms with Gasteiger partial charge >= 0.3 is 0 Å². The highest BCUT2D eigenvalue weighted by Crippen LogP contribution is 2.20. The van der Waals surface area contributed by atoms with E-state index in [-0.39, 0.29) is 24.0 Å². The molecule has 2 aliphatic heterocycles. The van der Waals surface area contributed by atoms with Gasteiger partial charge in [0.15, 0.2) is 5.96 Å². The molecule has 2 heterocycles. The lowest BCUT2D eigenvalue weighted by molar-refractivity contribution is 0.129. The van der Waals surface area contributed by atoms with E-state index in [1.54, 1.807) is 0 Å². The van der Waals surface area contributed by atoms with E-state index in [9.17, 15) is 0 Å². The Hall–Kier alpha value is -1.02. The molecule has 0 bridgehead atoms. The standard InChI is InChI=1S/C21H34N4O.HI/c1-22-21(23-13-8-18-9-14-24(2)15-10-18)25-16-11-20(12-17-25)26-19-6-4-3-5-7-19;/h3-7,18,20H,8-17H2,1-2H3,(H,22,23);1H. The largest absolute Gasteiger partial charge is 0.490 e. The number of likely N-dealkylation sites (tertiary alicyclic amines) is 2. The quantitative estimate of drug-likeness (QED) is 0.393. The average molecular weight is 486 g/mol. The number of nitrogens with zero attached hydrogens (tertiary/aromatic N) is 3. The highest BCUT2D eigenvalue weighted by Gasteiger charge is 2.23. The van der Waals surface area contributed by atoms with Crippen LogP contribution in [-0.2, 0) is 0 Å². The van der Waals surface area contributed by atoms with Crippen LogP contribution in [0.15, 0.2) is 35.3 Å². The molecule has 0 unspecified atom stereocenters. The van der Waals surface area contributed by atoms with Gasteiger partial charge in [0.1, 0.15) is 11.9 Å². The molecule has 0 saturated carbocycles. The van der Waals surface area contributed by atoms with Gasteiger partial charge in [-0.05, 0) is 57.5 Å². The minimum atomic E-state index is 0. The summed E-state index contributed by atoms with van der Waals surface area (Å²) in [5.74, 6) is 2.89. The van der Waals surface area contributed by atoms with Crippen LogP contribution in [0.5, 0.6) is 5.75 Å². The van der Waals surface area contributed by atoms with Crippen molar-refractivity contribution in [1.29, 1.82) is 0 Å². The minimum absolute atomic E-state index is 0. The fourth-order valence-electron chi connectivity index (χ4n) is 3.95. The summed E-state index contributed by atoms with van der Waals surface area (Å²) >= 11 is 0. The van der Waals surface area contributed by atoms with Gasteiger partial charge in [0.05, 0.1) is 0 Å². The molecule has 27 heavy (non-hydrogen) atoms. The molecular weight excluding hydrogens is 451 g/mol. The molecule has 3 rings (SSSR count). The average Bonchev–Trinajstić information content (AvgIpc) is 2.68. The van der Waals surface area contributed by atoms with Crippen LogP contribution in [-0.4, -0.2) is 68.7 Å². The van der Waals surface area contributed by atoms with Crippen LogP contribution in [0.4, 0.5) is 0 Å². The van der Waals surface area contributed by atoms with Crippen molar-refractivity contribution >= 4 is 29.9 Å². The van der Waals surface area contributed by atoms with Crippen molar-refractivity contribution in [2.45, 2.75) is 38.2 Å². The molecule has 1 aromatic carbocycles. The molecule has 0 radical (unpaired) electrons. The maximum Gasteiger partial charge on any atom is 0.193 e. The van der Waals surface area contributed by atoms with Crippen LogP contribution < -0.4 is 10.1 Å². The van der Waals surface area contributed by atoms with Gasteiger partial charge in [0.25, 0.3) is 0 Å². The summed E-state index contributed by atoms with van der Waals surface area (Å²) < 4.78 is 6.10. The number of hydrogen-bond acceptors (Lipinski definition) is 3. The molecule has 2 saturated heterocycles. The molecule has 1 aromatic rings. The third kappa shape index (κ3) is 7.14.